The van der Waals surface area contributed by atoms with E-state index in [-0.39, 0.29) is 12.7 Å². The molecular formula is C15H18Cl2N3O3+. The minimum absolute atomic E-state index is 0.0788. The lowest BCUT2D eigenvalue weighted by molar-refractivity contribution is -0.901. The predicted octanol–water partition coefficient (Wildman–Crippen LogP) is 1.16. The highest BCUT2D eigenvalue weighted by Crippen LogP contribution is 2.24. The van der Waals surface area contributed by atoms with Crippen LogP contribution in [0.2, 0.25) is 10.0 Å². The second kappa shape index (κ2) is 6.86. The largest absolute Gasteiger partial charge is 0.338 e. The molecule has 124 valence electrons. The quantitative estimate of drug-likeness (QED) is 0.634. The summed E-state index contributed by atoms with van der Waals surface area (Å²) in [5.41, 5.74) is 0.808. The molecule has 0 aromatic heterocycles. The summed E-state index contributed by atoms with van der Waals surface area (Å²) >= 11 is 12.1. The van der Waals surface area contributed by atoms with E-state index in [9.17, 15) is 14.4 Å². The number of amides is 4. The van der Waals surface area contributed by atoms with Crippen molar-refractivity contribution in [2.45, 2.75) is 26.4 Å². The van der Waals surface area contributed by atoms with Crippen molar-refractivity contribution in [1.82, 2.24) is 9.80 Å². The van der Waals surface area contributed by atoms with Crippen molar-refractivity contribution in [3.8, 4) is 0 Å². The van der Waals surface area contributed by atoms with Crippen molar-refractivity contribution in [2.24, 2.45) is 0 Å². The predicted molar refractivity (Wildman–Crippen MR) is 86.1 cm³/mol. The Morgan fingerprint density at radius 2 is 1.78 bits per heavy atom. The molecule has 1 fully saturated rings. The van der Waals surface area contributed by atoms with Crippen molar-refractivity contribution >= 4 is 41.0 Å². The number of imide groups is 2. The number of nitrogens with one attached hydrogen (secondary N) is 1. The Kier molecular flexibility index (Phi) is 5.29. The van der Waals surface area contributed by atoms with Gasteiger partial charge in [-0.15, -0.1) is 0 Å². The van der Waals surface area contributed by atoms with E-state index in [0.717, 1.165) is 20.3 Å². The van der Waals surface area contributed by atoms with E-state index < -0.39 is 17.8 Å². The van der Waals surface area contributed by atoms with Crippen LogP contribution < -0.4 is 4.90 Å². The summed E-state index contributed by atoms with van der Waals surface area (Å²) in [7, 11) is 1.81. The van der Waals surface area contributed by atoms with E-state index in [0.29, 0.717) is 16.6 Å². The normalized spacial score (nSPS) is 16.7. The van der Waals surface area contributed by atoms with Crippen molar-refractivity contribution in [1.29, 1.82) is 0 Å². The van der Waals surface area contributed by atoms with Gasteiger partial charge in [-0.1, -0.05) is 35.3 Å². The second-order valence-corrected chi connectivity index (χ2v) is 6.57. The number of quaternary nitrogens is 1. The summed E-state index contributed by atoms with van der Waals surface area (Å²) in [6, 6.07) is 4.37. The van der Waals surface area contributed by atoms with Crippen LogP contribution in [0.5, 0.6) is 0 Å². The summed E-state index contributed by atoms with van der Waals surface area (Å²) in [4.78, 5) is 38.9. The Hall–Kier alpha value is -1.63. The standard InChI is InChI=1S/C15H17Cl2N3O3/c1-9(2)20-14(22)13(21)19(15(20)23)8-18(3)7-10-5-4-6-11(16)12(10)17/h4-6,9H,7-8H2,1-3H3/p+1. The Balaban J connectivity index is 2.10. The van der Waals surface area contributed by atoms with Crippen molar-refractivity contribution in [3.05, 3.63) is 33.8 Å². The van der Waals surface area contributed by atoms with Gasteiger partial charge in [0, 0.05) is 11.6 Å². The van der Waals surface area contributed by atoms with Crippen molar-refractivity contribution < 1.29 is 19.3 Å². The molecule has 1 saturated heterocycles. The molecule has 2 rings (SSSR count). The molecule has 0 radical (unpaired) electrons. The average molecular weight is 359 g/mol. The zero-order chi connectivity index (χ0) is 17.3. The van der Waals surface area contributed by atoms with Crippen LogP contribution in [-0.4, -0.2) is 47.4 Å². The maximum atomic E-state index is 12.2. The molecule has 6 nitrogen and oxygen atoms in total. The number of hydrogen-bond donors (Lipinski definition) is 1. The lowest BCUT2D eigenvalue weighted by Crippen LogP contribution is -3.09. The number of urea groups is 1. The van der Waals surface area contributed by atoms with Gasteiger partial charge >= 0.3 is 17.8 Å². The van der Waals surface area contributed by atoms with E-state index in [4.69, 9.17) is 23.2 Å². The molecule has 0 bridgehead atoms. The van der Waals surface area contributed by atoms with Gasteiger partial charge in [0.1, 0.15) is 6.54 Å². The number of nitrogens with zero attached hydrogens (tertiary/aromatic N) is 2. The van der Waals surface area contributed by atoms with E-state index in [1.165, 1.54) is 0 Å². The third-order valence-corrected chi connectivity index (χ3v) is 4.41. The average Bonchev–Trinajstić information content (AvgIpc) is 2.67. The van der Waals surface area contributed by atoms with E-state index in [1.54, 1.807) is 33.0 Å². The summed E-state index contributed by atoms with van der Waals surface area (Å²) in [6.07, 6.45) is 0. The number of rotatable bonds is 5. The lowest BCUT2D eigenvalue weighted by Gasteiger charge is -2.21. The van der Waals surface area contributed by atoms with Crippen molar-refractivity contribution in [3.63, 3.8) is 0 Å². The van der Waals surface area contributed by atoms with Gasteiger partial charge in [-0.05, 0) is 19.9 Å². The molecule has 0 saturated carbocycles. The maximum Gasteiger partial charge on any atom is 0.338 e. The molecule has 1 N–H and O–H groups in total. The fraction of sp³-hybridized carbons (Fsp3) is 0.400. The van der Waals surface area contributed by atoms with Gasteiger partial charge in [-0.3, -0.25) is 14.5 Å². The number of hydrogen-bond acceptors (Lipinski definition) is 3. The smallest absolute Gasteiger partial charge is 0.316 e. The highest BCUT2D eigenvalue weighted by Gasteiger charge is 2.46. The van der Waals surface area contributed by atoms with E-state index in [1.807, 2.05) is 6.07 Å². The molecule has 0 spiro atoms. The number of carbonyl (C=O) groups is 3. The molecular weight excluding hydrogens is 341 g/mol. The van der Waals surface area contributed by atoms with Crippen LogP contribution in [0.4, 0.5) is 4.79 Å². The molecule has 1 aliphatic heterocycles. The molecule has 1 aromatic carbocycles. The third kappa shape index (κ3) is 3.49. The van der Waals surface area contributed by atoms with Crippen molar-refractivity contribution in [2.75, 3.05) is 13.7 Å². The van der Waals surface area contributed by atoms with Gasteiger partial charge in [0.05, 0.1) is 17.1 Å². The molecule has 1 aromatic rings. The minimum atomic E-state index is -0.791. The Bertz CT molecular complexity index is 663. The second-order valence-electron chi connectivity index (χ2n) is 5.79. The topological polar surface area (TPSA) is 62.1 Å². The first-order valence-corrected chi connectivity index (χ1v) is 7.92. The van der Waals surface area contributed by atoms with Gasteiger partial charge in [0.15, 0.2) is 6.67 Å². The van der Waals surface area contributed by atoms with E-state index >= 15 is 0 Å². The van der Waals surface area contributed by atoms with Gasteiger partial charge in [0.25, 0.3) is 0 Å². The molecule has 1 unspecified atom stereocenters. The highest BCUT2D eigenvalue weighted by atomic mass is 35.5. The van der Waals surface area contributed by atoms with Crippen LogP contribution in [0.1, 0.15) is 19.4 Å². The molecule has 1 aliphatic rings. The first kappa shape index (κ1) is 17.7. The zero-order valence-corrected chi connectivity index (χ0v) is 14.6. The van der Waals surface area contributed by atoms with Gasteiger partial charge < -0.3 is 4.90 Å². The first-order chi connectivity index (χ1) is 10.7. The molecule has 8 heteroatoms. The third-order valence-electron chi connectivity index (χ3n) is 3.55. The van der Waals surface area contributed by atoms with Crippen LogP contribution in [0.15, 0.2) is 18.2 Å². The van der Waals surface area contributed by atoms with Crippen LogP contribution in [0.25, 0.3) is 0 Å². The first-order valence-electron chi connectivity index (χ1n) is 7.17. The zero-order valence-electron chi connectivity index (χ0n) is 13.1. The fourth-order valence-electron chi connectivity index (χ4n) is 2.45. The number of benzene rings is 1. The number of carbonyl (C=O) groups excluding carboxylic acids is 3. The lowest BCUT2D eigenvalue weighted by atomic mass is 10.2. The Morgan fingerprint density at radius 3 is 2.35 bits per heavy atom. The minimum Gasteiger partial charge on any atom is -0.316 e. The molecule has 0 aliphatic carbocycles. The van der Waals surface area contributed by atoms with Gasteiger partial charge in [-0.2, -0.15) is 0 Å². The Labute approximate surface area is 144 Å². The van der Waals surface area contributed by atoms with Crippen LogP contribution in [0.3, 0.4) is 0 Å². The van der Waals surface area contributed by atoms with Crippen LogP contribution >= 0.6 is 23.2 Å². The fourth-order valence-corrected chi connectivity index (χ4v) is 2.84. The van der Waals surface area contributed by atoms with Crippen LogP contribution in [-0.2, 0) is 16.1 Å². The summed E-state index contributed by atoms with van der Waals surface area (Å²) in [5, 5.41) is 0.902. The highest BCUT2D eigenvalue weighted by molar-refractivity contribution is 6.44. The van der Waals surface area contributed by atoms with Gasteiger partial charge in [-0.25, -0.2) is 9.69 Å². The molecule has 1 heterocycles. The molecule has 1 atom stereocenters. The number of halogens is 2. The maximum absolute atomic E-state index is 12.2. The summed E-state index contributed by atoms with van der Waals surface area (Å²) in [6.45, 7) is 3.92. The van der Waals surface area contributed by atoms with Gasteiger partial charge in [0.2, 0.25) is 0 Å². The Morgan fingerprint density at radius 1 is 1.13 bits per heavy atom. The SMILES string of the molecule is CC(C)N1C(=O)C(=O)N(C[NH+](C)Cc2cccc(Cl)c2Cl)C1=O. The van der Waals surface area contributed by atoms with E-state index in [2.05, 4.69) is 0 Å². The summed E-state index contributed by atoms with van der Waals surface area (Å²) in [5.74, 6) is -1.57. The molecule has 4 amide bonds. The monoisotopic (exact) mass is 358 g/mol. The van der Waals surface area contributed by atoms with Crippen LogP contribution in [0, 0.1) is 0 Å². The molecule has 23 heavy (non-hydrogen) atoms. The summed E-state index contributed by atoms with van der Waals surface area (Å²) < 4.78 is 0.